The van der Waals surface area contributed by atoms with E-state index in [2.05, 4.69) is 10.2 Å². The Bertz CT molecular complexity index is 660. The minimum atomic E-state index is -0.193. The monoisotopic (exact) mass is 312 g/mol. The van der Waals surface area contributed by atoms with Gasteiger partial charge in [-0.2, -0.15) is 0 Å². The molecule has 0 spiro atoms. The maximum absolute atomic E-state index is 12.2. The number of carbonyl (C=O) groups excluding carboxylic acids is 1. The molecule has 23 heavy (non-hydrogen) atoms. The molecule has 5 heteroatoms. The van der Waals surface area contributed by atoms with Crippen LogP contribution >= 0.6 is 0 Å². The molecule has 3 N–H and O–H groups in total. The molecule has 0 radical (unpaired) electrons. The lowest BCUT2D eigenvalue weighted by molar-refractivity contribution is 0.102. The Labute approximate surface area is 135 Å². The highest BCUT2D eigenvalue weighted by Gasteiger charge is 2.17. The van der Waals surface area contributed by atoms with Gasteiger partial charge in [0.05, 0.1) is 6.10 Å². The minimum absolute atomic E-state index is 0.166. The Kier molecular flexibility index (Phi) is 4.48. The van der Waals surface area contributed by atoms with Crippen LogP contribution in [-0.2, 0) is 0 Å². The zero-order chi connectivity index (χ0) is 16.2. The minimum Gasteiger partial charge on any atom is -0.508 e. The average Bonchev–Trinajstić information content (AvgIpc) is 2.58. The number of amides is 1. The Balaban J connectivity index is 1.64. The molecule has 5 nitrogen and oxygen atoms in total. The van der Waals surface area contributed by atoms with Crippen molar-refractivity contribution in [3.05, 3.63) is 54.1 Å². The Morgan fingerprint density at radius 2 is 1.61 bits per heavy atom. The van der Waals surface area contributed by atoms with Gasteiger partial charge in [0.2, 0.25) is 0 Å². The van der Waals surface area contributed by atoms with Crippen LogP contribution in [0.25, 0.3) is 0 Å². The molecule has 1 aliphatic rings. The van der Waals surface area contributed by atoms with E-state index < -0.39 is 0 Å². The fourth-order valence-electron chi connectivity index (χ4n) is 2.70. The van der Waals surface area contributed by atoms with Gasteiger partial charge in [-0.25, -0.2) is 0 Å². The van der Waals surface area contributed by atoms with Crippen LogP contribution in [0.15, 0.2) is 48.5 Å². The number of aliphatic hydroxyl groups is 1. The van der Waals surface area contributed by atoms with Crippen LogP contribution in [0, 0.1) is 0 Å². The number of piperidine rings is 1. The first-order chi connectivity index (χ1) is 11.1. The molecule has 0 unspecified atom stereocenters. The number of phenols is 1. The number of hydrogen-bond acceptors (Lipinski definition) is 4. The molecular formula is C18H20N2O3. The number of carbonyl (C=O) groups is 1. The number of anilines is 2. The fourth-order valence-corrected chi connectivity index (χ4v) is 2.70. The summed E-state index contributed by atoms with van der Waals surface area (Å²) in [5.41, 5.74) is 2.29. The number of nitrogens with one attached hydrogen (secondary N) is 1. The van der Waals surface area contributed by atoms with E-state index >= 15 is 0 Å². The van der Waals surface area contributed by atoms with E-state index in [1.165, 1.54) is 12.1 Å². The van der Waals surface area contributed by atoms with Gasteiger partial charge in [0, 0.05) is 30.0 Å². The van der Waals surface area contributed by atoms with Crippen LogP contribution in [0.4, 0.5) is 11.4 Å². The van der Waals surface area contributed by atoms with Crippen molar-refractivity contribution in [2.75, 3.05) is 23.3 Å². The van der Waals surface area contributed by atoms with E-state index in [4.69, 9.17) is 0 Å². The second kappa shape index (κ2) is 6.71. The van der Waals surface area contributed by atoms with Crippen LogP contribution in [0.5, 0.6) is 5.75 Å². The Hall–Kier alpha value is -2.53. The van der Waals surface area contributed by atoms with E-state index in [1.807, 2.05) is 12.1 Å². The van der Waals surface area contributed by atoms with Crippen molar-refractivity contribution in [3.63, 3.8) is 0 Å². The third kappa shape index (κ3) is 3.81. The topological polar surface area (TPSA) is 72.8 Å². The summed E-state index contributed by atoms with van der Waals surface area (Å²) in [4.78, 5) is 14.4. The third-order valence-electron chi connectivity index (χ3n) is 4.08. The largest absolute Gasteiger partial charge is 0.508 e. The van der Waals surface area contributed by atoms with E-state index in [9.17, 15) is 15.0 Å². The molecule has 0 atom stereocenters. The van der Waals surface area contributed by atoms with Gasteiger partial charge in [-0.15, -0.1) is 0 Å². The molecule has 0 bridgehead atoms. The zero-order valence-electron chi connectivity index (χ0n) is 12.8. The van der Waals surface area contributed by atoms with E-state index in [-0.39, 0.29) is 17.8 Å². The quantitative estimate of drug-likeness (QED) is 0.762. The predicted molar refractivity (Wildman–Crippen MR) is 90.0 cm³/mol. The maximum Gasteiger partial charge on any atom is 0.255 e. The predicted octanol–water partition coefficient (Wildman–Crippen LogP) is 2.61. The second-order valence-corrected chi connectivity index (χ2v) is 5.77. The van der Waals surface area contributed by atoms with Crippen LogP contribution in [-0.4, -0.2) is 35.3 Å². The molecule has 120 valence electrons. The van der Waals surface area contributed by atoms with Gasteiger partial charge in [-0.05, 0) is 61.4 Å². The van der Waals surface area contributed by atoms with Gasteiger partial charge in [-0.3, -0.25) is 4.79 Å². The third-order valence-corrected chi connectivity index (χ3v) is 4.08. The number of phenolic OH excluding ortho intramolecular Hbond substituents is 1. The van der Waals surface area contributed by atoms with Crippen LogP contribution < -0.4 is 10.2 Å². The van der Waals surface area contributed by atoms with Crippen molar-refractivity contribution in [2.24, 2.45) is 0 Å². The van der Waals surface area contributed by atoms with Gasteiger partial charge in [0.25, 0.3) is 5.91 Å². The lowest BCUT2D eigenvalue weighted by Crippen LogP contribution is -2.35. The lowest BCUT2D eigenvalue weighted by Gasteiger charge is -2.31. The second-order valence-electron chi connectivity index (χ2n) is 5.77. The first kappa shape index (κ1) is 15.4. The number of nitrogens with zero attached hydrogens (tertiary/aromatic N) is 1. The van der Waals surface area contributed by atoms with Crippen LogP contribution in [0.1, 0.15) is 23.2 Å². The van der Waals surface area contributed by atoms with E-state index in [0.717, 1.165) is 31.6 Å². The highest BCUT2D eigenvalue weighted by Crippen LogP contribution is 2.21. The molecule has 0 aliphatic carbocycles. The number of aliphatic hydroxyl groups excluding tert-OH is 1. The van der Waals surface area contributed by atoms with E-state index in [1.54, 1.807) is 24.3 Å². The highest BCUT2D eigenvalue weighted by molar-refractivity contribution is 6.04. The zero-order valence-corrected chi connectivity index (χ0v) is 12.8. The lowest BCUT2D eigenvalue weighted by atomic mass is 10.1. The van der Waals surface area contributed by atoms with Crippen molar-refractivity contribution in [1.29, 1.82) is 0 Å². The standard InChI is InChI=1S/C18H20N2O3/c21-16-7-3-14(4-8-16)19-18(23)13-1-5-15(6-2-13)20-11-9-17(22)10-12-20/h1-8,17,21-22H,9-12H2,(H,19,23). The smallest absolute Gasteiger partial charge is 0.255 e. The van der Waals surface area contributed by atoms with Crippen molar-refractivity contribution in [3.8, 4) is 5.75 Å². The normalized spacial score (nSPS) is 15.4. The number of aromatic hydroxyl groups is 1. The molecular weight excluding hydrogens is 292 g/mol. The summed E-state index contributed by atoms with van der Waals surface area (Å²) in [5.74, 6) is -0.0182. The summed E-state index contributed by atoms with van der Waals surface area (Å²) in [6.45, 7) is 1.67. The summed E-state index contributed by atoms with van der Waals surface area (Å²) >= 11 is 0. The average molecular weight is 312 g/mol. The molecule has 1 fully saturated rings. The molecule has 1 amide bonds. The van der Waals surface area contributed by atoms with E-state index in [0.29, 0.717) is 11.3 Å². The van der Waals surface area contributed by atoms with Crippen LogP contribution in [0.3, 0.4) is 0 Å². The molecule has 3 rings (SSSR count). The van der Waals surface area contributed by atoms with Crippen molar-refractivity contribution < 1.29 is 15.0 Å². The van der Waals surface area contributed by atoms with Crippen molar-refractivity contribution >= 4 is 17.3 Å². The summed E-state index contributed by atoms with van der Waals surface area (Å²) < 4.78 is 0. The maximum atomic E-state index is 12.2. The Morgan fingerprint density at radius 3 is 2.22 bits per heavy atom. The molecule has 2 aromatic carbocycles. The molecule has 1 aliphatic heterocycles. The van der Waals surface area contributed by atoms with Gasteiger partial charge >= 0.3 is 0 Å². The van der Waals surface area contributed by atoms with Crippen molar-refractivity contribution in [1.82, 2.24) is 0 Å². The molecule has 0 saturated carbocycles. The Morgan fingerprint density at radius 1 is 1.00 bits per heavy atom. The SMILES string of the molecule is O=C(Nc1ccc(O)cc1)c1ccc(N2CCC(O)CC2)cc1. The van der Waals surface area contributed by atoms with Crippen molar-refractivity contribution in [2.45, 2.75) is 18.9 Å². The summed E-state index contributed by atoms with van der Waals surface area (Å²) in [7, 11) is 0. The first-order valence-corrected chi connectivity index (χ1v) is 7.75. The molecule has 2 aromatic rings. The number of hydrogen-bond donors (Lipinski definition) is 3. The molecule has 1 saturated heterocycles. The number of benzene rings is 2. The van der Waals surface area contributed by atoms with Crippen LogP contribution in [0.2, 0.25) is 0 Å². The summed E-state index contributed by atoms with van der Waals surface area (Å²) in [5, 5.41) is 21.6. The highest BCUT2D eigenvalue weighted by atomic mass is 16.3. The number of rotatable bonds is 3. The molecule has 1 heterocycles. The van der Waals surface area contributed by atoms with Gasteiger partial charge in [-0.1, -0.05) is 0 Å². The first-order valence-electron chi connectivity index (χ1n) is 7.75. The summed E-state index contributed by atoms with van der Waals surface area (Å²) in [6, 6.07) is 13.8. The van der Waals surface area contributed by atoms with Gasteiger partial charge in [0.15, 0.2) is 0 Å². The van der Waals surface area contributed by atoms with Gasteiger partial charge in [0.1, 0.15) is 5.75 Å². The fraction of sp³-hybridized carbons (Fsp3) is 0.278. The molecule has 0 aromatic heterocycles. The summed E-state index contributed by atoms with van der Waals surface area (Å²) in [6.07, 6.45) is 1.37. The van der Waals surface area contributed by atoms with Gasteiger partial charge < -0.3 is 20.4 Å².